The molecule has 0 unspecified atom stereocenters. The van der Waals surface area contributed by atoms with Crippen molar-refractivity contribution in [2.45, 2.75) is 44.8 Å². The van der Waals surface area contributed by atoms with Gasteiger partial charge in [-0.05, 0) is 50.1 Å². The van der Waals surface area contributed by atoms with E-state index in [0.29, 0.717) is 33.7 Å². The standard InChI is InChI=1S/C27H29N3O6/c1-16(25(31)30-27(33)28-18-8-4-5-9-18)36-26(32)20-15-22(29-21-11-7-6-10-19(20)21)17-12-13-23(34-2)24(14-17)35-3/h6-7,10-16,18H,4-5,8-9H2,1-3H3,(H2,28,30,31,33)/t16-/m0/s1. The van der Waals surface area contributed by atoms with Crippen LogP contribution >= 0.6 is 0 Å². The summed E-state index contributed by atoms with van der Waals surface area (Å²) in [6.07, 6.45) is 2.71. The molecule has 0 spiro atoms. The Balaban J connectivity index is 1.55. The number of imide groups is 1. The summed E-state index contributed by atoms with van der Waals surface area (Å²) in [6.45, 7) is 1.43. The highest BCUT2D eigenvalue weighted by Gasteiger charge is 2.24. The van der Waals surface area contributed by atoms with Gasteiger partial charge in [-0.3, -0.25) is 10.1 Å². The third kappa shape index (κ3) is 5.56. The van der Waals surface area contributed by atoms with E-state index in [1.807, 2.05) is 12.1 Å². The maximum atomic E-state index is 13.2. The van der Waals surface area contributed by atoms with Crippen LogP contribution in [0.3, 0.4) is 0 Å². The fraction of sp³-hybridized carbons (Fsp3) is 0.333. The van der Waals surface area contributed by atoms with Crippen LogP contribution in [0.1, 0.15) is 43.0 Å². The largest absolute Gasteiger partial charge is 0.493 e. The number of pyridine rings is 1. The van der Waals surface area contributed by atoms with Crippen LogP contribution in [0.25, 0.3) is 22.2 Å². The van der Waals surface area contributed by atoms with E-state index in [2.05, 4.69) is 15.6 Å². The van der Waals surface area contributed by atoms with Gasteiger partial charge in [0.2, 0.25) is 0 Å². The van der Waals surface area contributed by atoms with Crippen LogP contribution in [-0.4, -0.2) is 49.3 Å². The molecule has 0 saturated heterocycles. The number of para-hydroxylation sites is 1. The number of hydrogen-bond donors (Lipinski definition) is 2. The smallest absolute Gasteiger partial charge is 0.339 e. The lowest BCUT2D eigenvalue weighted by atomic mass is 10.0. The van der Waals surface area contributed by atoms with Crippen molar-refractivity contribution in [1.82, 2.24) is 15.6 Å². The molecule has 2 aromatic carbocycles. The average molecular weight is 492 g/mol. The summed E-state index contributed by atoms with van der Waals surface area (Å²) in [5, 5.41) is 5.62. The summed E-state index contributed by atoms with van der Waals surface area (Å²) >= 11 is 0. The molecule has 0 bridgehead atoms. The Kier molecular flexibility index (Phi) is 7.68. The van der Waals surface area contributed by atoms with Gasteiger partial charge < -0.3 is 19.5 Å². The van der Waals surface area contributed by atoms with E-state index >= 15 is 0 Å². The first-order valence-electron chi connectivity index (χ1n) is 11.8. The van der Waals surface area contributed by atoms with Gasteiger partial charge in [0.15, 0.2) is 17.6 Å². The zero-order valence-corrected chi connectivity index (χ0v) is 20.5. The predicted octanol–water partition coefficient (Wildman–Crippen LogP) is 4.23. The molecular weight excluding hydrogens is 462 g/mol. The van der Waals surface area contributed by atoms with Gasteiger partial charge >= 0.3 is 12.0 Å². The summed E-state index contributed by atoms with van der Waals surface area (Å²) in [5.74, 6) is -0.305. The van der Waals surface area contributed by atoms with Crippen LogP contribution in [0, 0.1) is 0 Å². The number of fused-ring (bicyclic) bond motifs is 1. The van der Waals surface area contributed by atoms with Crippen LogP contribution < -0.4 is 20.1 Å². The second kappa shape index (κ2) is 11.1. The molecule has 9 nitrogen and oxygen atoms in total. The van der Waals surface area contributed by atoms with Crippen molar-refractivity contribution in [3.63, 3.8) is 0 Å². The van der Waals surface area contributed by atoms with Gasteiger partial charge in [0.1, 0.15) is 0 Å². The monoisotopic (exact) mass is 491 g/mol. The topological polar surface area (TPSA) is 116 Å². The number of aromatic nitrogens is 1. The maximum Gasteiger partial charge on any atom is 0.339 e. The number of urea groups is 1. The molecule has 1 heterocycles. The quantitative estimate of drug-likeness (QED) is 0.475. The highest BCUT2D eigenvalue weighted by molar-refractivity contribution is 6.06. The predicted molar refractivity (Wildman–Crippen MR) is 134 cm³/mol. The summed E-state index contributed by atoms with van der Waals surface area (Å²) in [6, 6.07) is 13.6. The number of methoxy groups -OCH3 is 2. The second-order valence-electron chi connectivity index (χ2n) is 8.63. The number of esters is 1. The summed E-state index contributed by atoms with van der Waals surface area (Å²) in [4.78, 5) is 42.5. The lowest BCUT2D eigenvalue weighted by Gasteiger charge is -2.16. The molecule has 188 valence electrons. The van der Waals surface area contributed by atoms with E-state index in [9.17, 15) is 14.4 Å². The van der Waals surface area contributed by atoms with Gasteiger partial charge in [-0.15, -0.1) is 0 Å². The molecule has 1 atom stereocenters. The van der Waals surface area contributed by atoms with E-state index in [1.165, 1.54) is 6.92 Å². The van der Waals surface area contributed by atoms with Gasteiger partial charge in [0, 0.05) is 17.0 Å². The number of hydrogen-bond acceptors (Lipinski definition) is 7. The molecule has 36 heavy (non-hydrogen) atoms. The molecule has 3 aromatic rings. The van der Waals surface area contributed by atoms with Crippen molar-refractivity contribution in [3.05, 3.63) is 54.1 Å². The van der Waals surface area contributed by atoms with Crippen LogP contribution in [0.4, 0.5) is 4.79 Å². The molecule has 0 radical (unpaired) electrons. The number of benzene rings is 2. The second-order valence-corrected chi connectivity index (χ2v) is 8.63. The fourth-order valence-corrected chi connectivity index (χ4v) is 4.27. The highest BCUT2D eigenvalue weighted by Crippen LogP contribution is 2.33. The van der Waals surface area contributed by atoms with Gasteiger partial charge in [-0.25, -0.2) is 14.6 Å². The summed E-state index contributed by atoms with van der Waals surface area (Å²) < 4.78 is 16.1. The molecule has 3 amide bonds. The number of carbonyl (C=O) groups is 3. The molecule has 2 N–H and O–H groups in total. The molecule has 1 saturated carbocycles. The molecule has 1 aliphatic carbocycles. The number of carbonyl (C=O) groups excluding carboxylic acids is 3. The Morgan fingerprint density at radius 3 is 2.42 bits per heavy atom. The minimum Gasteiger partial charge on any atom is -0.493 e. The van der Waals surface area contributed by atoms with E-state index < -0.39 is 24.0 Å². The van der Waals surface area contributed by atoms with E-state index in [4.69, 9.17) is 14.2 Å². The van der Waals surface area contributed by atoms with Crippen LogP contribution in [0.2, 0.25) is 0 Å². The molecule has 1 aromatic heterocycles. The highest BCUT2D eigenvalue weighted by atomic mass is 16.5. The van der Waals surface area contributed by atoms with Crippen LogP contribution in [0.5, 0.6) is 11.5 Å². The number of nitrogens with one attached hydrogen (secondary N) is 2. The van der Waals surface area contributed by atoms with Crippen LogP contribution in [-0.2, 0) is 9.53 Å². The summed E-state index contributed by atoms with van der Waals surface area (Å²) in [7, 11) is 3.09. The Hall–Kier alpha value is -4.14. The summed E-state index contributed by atoms with van der Waals surface area (Å²) in [5.41, 5.74) is 2.07. The Morgan fingerprint density at radius 1 is 0.972 bits per heavy atom. The van der Waals surface area contributed by atoms with Crippen molar-refractivity contribution in [2.24, 2.45) is 0 Å². The number of rotatable bonds is 7. The van der Waals surface area contributed by atoms with Gasteiger partial charge in [0.05, 0.1) is 31.0 Å². The fourth-order valence-electron chi connectivity index (χ4n) is 4.27. The minimum absolute atomic E-state index is 0.0637. The third-order valence-corrected chi connectivity index (χ3v) is 6.20. The first-order chi connectivity index (χ1) is 17.4. The van der Waals surface area contributed by atoms with Gasteiger partial charge in [0.25, 0.3) is 5.91 Å². The Bertz CT molecular complexity index is 1290. The van der Waals surface area contributed by atoms with Crippen molar-refractivity contribution < 1.29 is 28.6 Å². The van der Waals surface area contributed by atoms with Crippen molar-refractivity contribution in [3.8, 4) is 22.8 Å². The van der Waals surface area contributed by atoms with Gasteiger partial charge in [-0.1, -0.05) is 31.0 Å². The number of ether oxygens (including phenoxy) is 3. The third-order valence-electron chi connectivity index (χ3n) is 6.20. The number of nitrogens with zero attached hydrogens (tertiary/aromatic N) is 1. The normalized spacial score (nSPS) is 14.2. The average Bonchev–Trinajstić information content (AvgIpc) is 3.40. The molecule has 9 heteroatoms. The van der Waals surface area contributed by atoms with Crippen molar-refractivity contribution in [2.75, 3.05) is 14.2 Å². The zero-order chi connectivity index (χ0) is 25.7. The molecular formula is C27H29N3O6. The first kappa shape index (κ1) is 25.0. The lowest BCUT2D eigenvalue weighted by molar-refractivity contribution is -0.127. The molecule has 0 aliphatic heterocycles. The van der Waals surface area contributed by atoms with Crippen molar-refractivity contribution in [1.29, 1.82) is 0 Å². The molecule has 1 aliphatic rings. The van der Waals surface area contributed by atoms with Crippen LogP contribution in [0.15, 0.2) is 48.5 Å². The van der Waals surface area contributed by atoms with Crippen molar-refractivity contribution >= 4 is 28.8 Å². The lowest BCUT2D eigenvalue weighted by Crippen LogP contribution is -2.47. The SMILES string of the molecule is COc1ccc(-c2cc(C(=O)O[C@@H](C)C(=O)NC(=O)NC3CCCC3)c3ccccc3n2)cc1OC. The molecule has 1 fully saturated rings. The van der Waals surface area contributed by atoms with E-state index in [-0.39, 0.29) is 11.6 Å². The molecule has 4 rings (SSSR count). The Morgan fingerprint density at radius 2 is 1.69 bits per heavy atom. The van der Waals surface area contributed by atoms with E-state index in [1.54, 1.807) is 50.6 Å². The first-order valence-corrected chi connectivity index (χ1v) is 11.8. The van der Waals surface area contributed by atoms with E-state index in [0.717, 1.165) is 25.7 Å². The van der Waals surface area contributed by atoms with Gasteiger partial charge in [-0.2, -0.15) is 0 Å². The zero-order valence-electron chi connectivity index (χ0n) is 20.5. The number of amides is 3. The maximum absolute atomic E-state index is 13.2. The minimum atomic E-state index is -1.18. The Labute approximate surface area is 209 Å².